The molecule has 7 heteroatoms. The van der Waals surface area contributed by atoms with E-state index in [0.717, 1.165) is 49.9 Å². The fourth-order valence-corrected chi connectivity index (χ4v) is 3.78. The summed E-state index contributed by atoms with van der Waals surface area (Å²) in [6, 6.07) is 8.34. The summed E-state index contributed by atoms with van der Waals surface area (Å²) in [4.78, 5) is 29.1. The van der Waals surface area contributed by atoms with Gasteiger partial charge in [-0.05, 0) is 44.9 Å². The van der Waals surface area contributed by atoms with Crippen molar-refractivity contribution in [3.63, 3.8) is 0 Å². The topological polar surface area (TPSA) is 82.2 Å². The molecule has 2 atom stereocenters. The van der Waals surface area contributed by atoms with Crippen LogP contribution in [0.2, 0.25) is 0 Å². The van der Waals surface area contributed by atoms with Crippen LogP contribution in [0.25, 0.3) is 11.0 Å². The minimum absolute atomic E-state index is 0.0218. The zero-order chi connectivity index (χ0) is 18.5. The first-order valence-corrected chi connectivity index (χ1v) is 9.59. The van der Waals surface area contributed by atoms with E-state index < -0.39 is 0 Å². The Kier molecular flexibility index (Phi) is 5.98. The molecule has 3 N–H and O–H groups in total. The number of aromatic amines is 1. The van der Waals surface area contributed by atoms with Gasteiger partial charge in [-0.15, -0.1) is 0 Å². The molecule has 1 saturated heterocycles. The lowest BCUT2D eigenvalue weighted by molar-refractivity contribution is 0.208. The van der Waals surface area contributed by atoms with Crippen molar-refractivity contribution in [2.45, 2.75) is 45.2 Å². The highest BCUT2D eigenvalue weighted by Gasteiger charge is 2.25. The predicted octanol–water partition coefficient (Wildman–Crippen LogP) is 2.06. The van der Waals surface area contributed by atoms with E-state index in [1.54, 1.807) is 0 Å². The lowest BCUT2D eigenvalue weighted by atomic mass is 10.1. The van der Waals surface area contributed by atoms with E-state index >= 15 is 0 Å². The number of imidazole rings is 1. The summed E-state index contributed by atoms with van der Waals surface area (Å²) < 4.78 is 1.88. The number of benzene rings is 1. The second kappa shape index (κ2) is 8.40. The molecule has 0 bridgehead atoms. The number of fused-ring (bicyclic) bond motifs is 1. The first-order valence-electron chi connectivity index (χ1n) is 9.59. The van der Waals surface area contributed by atoms with Crippen molar-refractivity contribution >= 4 is 17.1 Å². The largest absolute Gasteiger partial charge is 0.338 e. The molecule has 0 saturated carbocycles. The Morgan fingerprint density at radius 1 is 1.35 bits per heavy atom. The van der Waals surface area contributed by atoms with Crippen LogP contribution in [0.4, 0.5) is 4.79 Å². The number of carbonyl (C=O) groups is 1. The Balaban J connectivity index is 1.56. The molecule has 0 aliphatic carbocycles. The van der Waals surface area contributed by atoms with Crippen LogP contribution in [0.5, 0.6) is 0 Å². The van der Waals surface area contributed by atoms with Gasteiger partial charge in [0.05, 0.1) is 11.0 Å². The number of aromatic nitrogens is 2. The fraction of sp³-hybridized carbons (Fsp3) is 0.579. The number of para-hydroxylation sites is 2. The van der Waals surface area contributed by atoms with Crippen LogP contribution < -0.4 is 16.3 Å². The Morgan fingerprint density at radius 3 is 2.92 bits per heavy atom. The SMILES string of the molecule is CCNC(=O)N1CCC(NCCC(CC)n2c(=O)[nH]c3ccccc32)C1. The van der Waals surface area contributed by atoms with Gasteiger partial charge in [-0.2, -0.15) is 0 Å². The van der Waals surface area contributed by atoms with Crippen LogP contribution in [0.3, 0.4) is 0 Å². The minimum atomic E-state index is -0.0404. The van der Waals surface area contributed by atoms with Crippen molar-refractivity contribution < 1.29 is 4.79 Å². The smallest absolute Gasteiger partial charge is 0.326 e. The molecule has 26 heavy (non-hydrogen) atoms. The van der Waals surface area contributed by atoms with Crippen molar-refractivity contribution in [3.8, 4) is 0 Å². The average molecular weight is 359 g/mol. The first-order chi connectivity index (χ1) is 12.6. The molecule has 1 aliphatic rings. The number of hydrogen-bond donors (Lipinski definition) is 3. The quantitative estimate of drug-likeness (QED) is 0.708. The van der Waals surface area contributed by atoms with E-state index in [0.29, 0.717) is 12.6 Å². The van der Waals surface area contributed by atoms with Crippen LogP contribution in [0.15, 0.2) is 29.1 Å². The van der Waals surface area contributed by atoms with Crippen LogP contribution >= 0.6 is 0 Å². The molecule has 2 heterocycles. The monoisotopic (exact) mass is 359 g/mol. The number of rotatable bonds is 7. The summed E-state index contributed by atoms with van der Waals surface area (Å²) >= 11 is 0. The van der Waals surface area contributed by atoms with Gasteiger partial charge in [0.15, 0.2) is 0 Å². The van der Waals surface area contributed by atoms with E-state index in [1.807, 2.05) is 40.7 Å². The van der Waals surface area contributed by atoms with Gasteiger partial charge in [-0.25, -0.2) is 9.59 Å². The molecule has 1 aromatic carbocycles. The molecule has 2 amide bonds. The van der Waals surface area contributed by atoms with E-state index in [9.17, 15) is 9.59 Å². The molecular formula is C19H29N5O2. The van der Waals surface area contributed by atoms with Crippen LogP contribution in [0.1, 0.15) is 39.2 Å². The second-order valence-corrected chi connectivity index (χ2v) is 6.89. The maximum Gasteiger partial charge on any atom is 0.326 e. The zero-order valence-corrected chi connectivity index (χ0v) is 15.6. The molecule has 1 fully saturated rings. The molecular weight excluding hydrogens is 330 g/mol. The molecule has 3 rings (SSSR count). The number of nitrogens with zero attached hydrogens (tertiary/aromatic N) is 2. The molecule has 0 spiro atoms. The predicted molar refractivity (Wildman–Crippen MR) is 104 cm³/mol. The number of likely N-dealkylation sites (tertiary alicyclic amines) is 1. The van der Waals surface area contributed by atoms with Crippen molar-refractivity contribution in [3.05, 3.63) is 34.7 Å². The van der Waals surface area contributed by atoms with E-state index in [-0.39, 0.29) is 17.8 Å². The first kappa shape index (κ1) is 18.5. The Hall–Kier alpha value is -2.28. The van der Waals surface area contributed by atoms with Crippen LogP contribution in [-0.2, 0) is 0 Å². The number of carbonyl (C=O) groups excluding carboxylic acids is 1. The normalized spacial score (nSPS) is 18.4. The van der Waals surface area contributed by atoms with Crippen molar-refractivity contribution in [1.29, 1.82) is 0 Å². The highest BCUT2D eigenvalue weighted by Crippen LogP contribution is 2.20. The Labute approximate surface area is 153 Å². The van der Waals surface area contributed by atoms with E-state index in [1.165, 1.54) is 0 Å². The van der Waals surface area contributed by atoms with Crippen LogP contribution in [-0.4, -0.2) is 52.7 Å². The van der Waals surface area contributed by atoms with Gasteiger partial charge in [0.25, 0.3) is 0 Å². The van der Waals surface area contributed by atoms with Crippen LogP contribution in [0, 0.1) is 0 Å². The average Bonchev–Trinajstić information content (AvgIpc) is 3.23. The van der Waals surface area contributed by atoms with E-state index in [4.69, 9.17) is 0 Å². The lowest BCUT2D eigenvalue weighted by Gasteiger charge is -2.20. The fourth-order valence-electron chi connectivity index (χ4n) is 3.78. The maximum absolute atomic E-state index is 12.4. The van der Waals surface area contributed by atoms with Gasteiger partial charge < -0.3 is 20.5 Å². The summed E-state index contributed by atoms with van der Waals surface area (Å²) in [5.74, 6) is 0. The Morgan fingerprint density at radius 2 is 2.15 bits per heavy atom. The standard InChI is InChI=1S/C19H29N5O2/c1-3-15(24-17-8-6-5-7-16(17)22-19(24)26)9-11-21-14-10-12-23(13-14)18(25)20-4-2/h5-8,14-15,21H,3-4,9-13H2,1-2H3,(H,20,25)(H,22,26). The number of hydrogen-bond acceptors (Lipinski definition) is 3. The summed E-state index contributed by atoms with van der Waals surface area (Å²) in [6.07, 6.45) is 2.76. The van der Waals surface area contributed by atoms with Gasteiger partial charge in [0.2, 0.25) is 0 Å². The summed E-state index contributed by atoms with van der Waals surface area (Å²) in [5, 5.41) is 6.41. The highest BCUT2D eigenvalue weighted by molar-refractivity contribution is 5.75. The zero-order valence-electron chi connectivity index (χ0n) is 15.6. The summed E-state index contributed by atoms with van der Waals surface area (Å²) in [5.41, 5.74) is 1.81. The van der Waals surface area contributed by atoms with Gasteiger partial charge >= 0.3 is 11.7 Å². The molecule has 1 aliphatic heterocycles. The third-order valence-electron chi connectivity index (χ3n) is 5.17. The van der Waals surface area contributed by atoms with Gasteiger partial charge in [-0.1, -0.05) is 19.1 Å². The number of urea groups is 1. The minimum Gasteiger partial charge on any atom is -0.338 e. The molecule has 2 unspecified atom stereocenters. The lowest BCUT2D eigenvalue weighted by Crippen LogP contribution is -2.41. The van der Waals surface area contributed by atoms with Gasteiger partial charge in [0, 0.05) is 31.7 Å². The number of nitrogens with one attached hydrogen (secondary N) is 3. The Bertz CT molecular complexity index is 797. The van der Waals surface area contributed by atoms with Crippen molar-refractivity contribution in [2.75, 3.05) is 26.2 Å². The summed E-state index contributed by atoms with van der Waals surface area (Å²) in [6.45, 7) is 7.08. The van der Waals surface area contributed by atoms with Gasteiger partial charge in [0.1, 0.15) is 0 Å². The molecule has 142 valence electrons. The second-order valence-electron chi connectivity index (χ2n) is 6.89. The molecule has 2 aromatic rings. The molecule has 0 radical (unpaired) electrons. The van der Waals surface area contributed by atoms with E-state index in [2.05, 4.69) is 22.5 Å². The number of H-pyrrole nitrogens is 1. The van der Waals surface area contributed by atoms with Gasteiger partial charge in [-0.3, -0.25) is 4.57 Å². The molecule has 7 nitrogen and oxygen atoms in total. The number of amides is 2. The molecule has 1 aromatic heterocycles. The van der Waals surface area contributed by atoms with Crippen molar-refractivity contribution in [1.82, 2.24) is 25.1 Å². The highest BCUT2D eigenvalue weighted by atomic mass is 16.2. The third-order valence-corrected chi connectivity index (χ3v) is 5.17. The summed E-state index contributed by atoms with van der Waals surface area (Å²) in [7, 11) is 0. The third kappa shape index (κ3) is 3.93. The maximum atomic E-state index is 12.4. The van der Waals surface area contributed by atoms with Crippen molar-refractivity contribution in [2.24, 2.45) is 0 Å².